The van der Waals surface area contributed by atoms with E-state index in [-0.39, 0.29) is 12.1 Å². The molecule has 1 rings (SSSR count). The van der Waals surface area contributed by atoms with Crippen LogP contribution in [0, 0.1) is 0 Å². The summed E-state index contributed by atoms with van der Waals surface area (Å²) in [4.78, 5) is 10.6. The van der Waals surface area contributed by atoms with E-state index in [1.165, 1.54) is 0 Å². The Morgan fingerprint density at radius 1 is 1.11 bits per heavy atom. The number of hydrogen-bond donors (Lipinski definition) is 0. The molecule has 0 bridgehead atoms. The second-order valence-corrected chi connectivity index (χ2v) is 3.40. The van der Waals surface area contributed by atoms with E-state index < -0.39 is 0 Å². The van der Waals surface area contributed by atoms with E-state index in [0.29, 0.717) is 0 Å². The number of hydrogen-bond acceptors (Lipinski definition) is 3. The lowest BCUT2D eigenvalue weighted by Crippen LogP contribution is -2.11. The molecule has 0 aliphatic heterocycles. The van der Waals surface area contributed by atoms with E-state index in [1.807, 2.05) is 51.1 Å². The van der Waals surface area contributed by atoms with Crippen LogP contribution in [0.4, 0.5) is 0 Å². The Morgan fingerprint density at radius 3 is 1.79 bits per heavy atom. The summed E-state index contributed by atoms with van der Waals surface area (Å²) < 4.78 is 10.1. The summed E-state index contributed by atoms with van der Waals surface area (Å²) in [6.45, 7) is 14.8. The van der Waals surface area contributed by atoms with E-state index in [2.05, 4.69) is 13.2 Å². The Balaban J connectivity index is 0. The summed E-state index contributed by atoms with van der Waals surface area (Å²) in [5, 5.41) is 0. The van der Waals surface area contributed by atoms with Crippen molar-refractivity contribution >= 4 is 5.78 Å². The van der Waals surface area contributed by atoms with Crippen molar-refractivity contribution in [3.8, 4) is 0 Å². The summed E-state index contributed by atoms with van der Waals surface area (Å²) in [5.41, 5.74) is 0.775. The third-order valence-corrected chi connectivity index (χ3v) is 1.98. The topological polar surface area (TPSA) is 35.5 Å². The zero-order valence-electron chi connectivity index (χ0n) is 12.5. The molecule has 3 nitrogen and oxygen atoms in total. The zero-order chi connectivity index (χ0) is 15.1. The standard InChI is InChI=1S/C8H8O.C6H14O2.C2H4/c1-7(9)8-5-3-2-4-6-8;1-4-7-6(3)8-5-2;1-2/h2-6H,1H3;6H,4-5H2,1-3H3;1-2H2. The molecule has 0 heterocycles. The third kappa shape index (κ3) is 12.8. The van der Waals surface area contributed by atoms with Crippen LogP contribution in [0.3, 0.4) is 0 Å². The number of ether oxygens (including phenoxy) is 2. The van der Waals surface area contributed by atoms with Gasteiger partial charge in [0, 0.05) is 18.8 Å². The normalized spacial score (nSPS) is 8.89. The molecule has 0 radical (unpaired) electrons. The van der Waals surface area contributed by atoms with Crippen molar-refractivity contribution in [3.63, 3.8) is 0 Å². The van der Waals surface area contributed by atoms with Gasteiger partial charge in [-0.2, -0.15) is 0 Å². The van der Waals surface area contributed by atoms with Crippen LogP contribution in [0.2, 0.25) is 0 Å². The molecule has 0 spiro atoms. The highest BCUT2D eigenvalue weighted by Crippen LogP contribution is 1.97. The Kier molecular flexibility index (Phi) is 15.3. The molecule has 1 aromatic carbocycles. The Bertz CT molecular complexity index is 303. The molecule has 0 atom stereocenters. The van der Waals surface area contributed by atoms with E-state index >= 15 is 0 Å². The second kappa shape index (κ2) is 14.6. The van der Waals surface area contributed by atoms with Crippen molar-refractivity contribution < 1.29 is 14.3 Å². The molecule has 0 saturated heterocycles. The number of rotatable bonds is 5. The molecule has 0 aliphatic rings. The van der Waals surface area contributed by atoms with Crippen LogP contribution in [-0.2, 0) is 9.47 Å². The number of benzene rings is 1. The van der Waals surface area contributed by atoms with Gasteiger partial charge in [0.1, 0.15) is 0 Å². The monoisotopic (exact) mass is 266 g/mol. The highest BCUT2D eigenvalue weighted by atomic mass is 16.7. The van der Waals surface area contributed by atoms with Crippen LogP contribution >= 0.6 is 0 Å². The molecule has 0 aliphatic carbocycles. The van der Waals surface area contributed by atoms with Crippen LogP contribution in [0.1, 0.15) is 38.1 Å². The molecule has 0 saturated carbocycles. The fraction of sp³-hybridized carbons (Fsp3) is 0.438. The van der Waals surface area contributed by atoms with Gasteiger partial charge in [-0.1, -0.05) is 30.3 Å². The number of Topliss-reactive ketones (excluding diaryl/α,β-unsaturated/α-hetero) is 1. The van der Waals surface area contributed by atoms with Crippen molar-refractivity contribution in [1.29, 1.82) is 0 Å². The quantitative estimate of drug-likeness (QED) is 0.457. The molecular weight excluding hydrogens is 240 g/mol. The van der Waals surface area contributed by atoms with Crippen LogP contribution in [-0.4, -0.2) is 25.3 Å². The predicted molar refractivity (Wildman–Crippen MR) is 80.4 cm³/mol. The van der Waals surface area contributed by atoms with E-state index in [0.717, 1.165) is 18.8 Å². The molecule has 0 aromatic heterocycles. The Labute approximate surface area is 117 Å². The zero-order valence-corrected chi connectivity index (χ0v) is 12.5. The smallest absolute Gasteiger partial charge is 0.159 e. The van der Waals surface area contributed by atoms with Gasteiger partial charge in [-0.05, 0) is 27.7 Å². The molecule has 3 heteroatoms. The van der Waals surface area contributed by atoms with E-state index in [9.17, 15) is 4.79 Å². The van der Waals surface area contributed by atoms with Crippen molar-refractivity contribution in [3.05, 3.63) is 49.1 Å². The minimum absolute atomic E-state index is 0.0370. The highest BCUT2D eigenvalue weighted by molar-refractivity contribution is 5.93. The average molecular weight is 266 g/mol. The van der Waals surface area contributed by atoms with E-state index in [4.69, 9.17) is 9.47 Å². The SMILES string of the molecule is C=C.CC(=O)c1ccccc1.CCOC(C)OCC. The van der Waals surface area contributed by atoms with Crippen molar-refractivity contribution in [1.82, 2.24) is 0 Å². The molecule has 0 fully saturated rings. The van der Waals surface area contributed by atoms with Gasteiger partial charge >= 0.3 is 0 Å². The third-order valence-electron chi connectivity index (χ3n) is 1.98. The van der Waals surface area contributed by atoms with Gasteiger partial charge in [-0.15, -0.1) is 13.2 Å². The Morgan fingerprint density at radius 2 is 1.53 bits per heavy atom. The molecule has 1 aromatic rings. The first-order valence-electron chi connectivity index (χ1n) is 6.41. The van der Waals surface area contributed by atoms with Gasteiger partial charge in [-0.25, -0.2) is 0 Å². The maximum Gasteiger partial charge on any atom is 0.159 e. The van der Waals surface area contributed by atoms with Crippen molar-refractivity contribution in [2.75, 3.05) is 13.2 Å². The van der Waals surface area contributed by atoms with Crippen molar-refractivity contribution in [2.24, 2.45) is 0 Å². The van der Waals surface area contributed by atoms with Gasteiger partial charge in [0.25, 0.3) is 0 Å². The molecule has 0 unspecified atom stereocenters. The minimum Gasteiger partial charge on any atom is -0.353 e. The lowest BCUT2D eigenvalue weighted by molar-refractivity contribution is -0.123. The first-order chi connectivity index (χ1) is 9.11. The fourth-order valence-electron chi connectivity index (χ4n) is 1.19. The van der Waals surface area contributed by atoms with Gasteiger partial charge in [0.15, 0.2) is 12.1 Å². The summed E-state index contributed by atoms with van der Waals surface area (Å²) in [5.74, 6) is 0.121. The number of carbonyl (C=O) groups excluding carboxylic acids is 1. The van der Waals surface area contributed by atoms with Gasteiger partial charge in [0.2, 0.25) is 0 Å². The first kappa shape index (κ1) is 19.9. The van der Waals surface area contributed by atoms with Gasteiger partial charge < -0.3 is 9.47 Å². The lowest BCUT2D eigenvalue weighted by atomic mass is 10.2. The van der Waals surface area contributed by atoms with Crippen LogP contribution in [0.25, 0.3) is 0 Å². The maximum absolute atomic E-state index is 10.6. The molecule has 108 valence electrons. The molecular formula is C16H26O3. The maximum atomic E-state index is 10.6. The summed E-state index contributed by atoms with van der Waals surface area (Å²) >= 11 is 0. The summed E-state index contributed by atoms with van der Waals surface area (Å²) in [6.07, 6.45) is -0.0370. The Hall–Kier alpha value is -1.45. The van der Waals surface area contributed by atoms with Gasteiger partial charge in [-0.3, -0.25) is 4.79 Å². The largest absolute Gasteiger partial charge is 0.353 e. The molecule has 0 N–H and O–H groups in total. The minimum atomic E-state index is -0.0370. The van der Waals surface area contributed by atoms with Crippen molar-refractivity contribution in [2.45, 2.75) is 34.0 Å². The molecule has 19 heavy (non-hydrogen) atoms. The number of carbonyl (C=O) groups is 1. The van der Waals surface area contributed by atoms with Crippen LogP contribution in [0.5, 0.6) is 0 Å². The van der Waals surface area contributed by atoms with Crippen LogP contribution < -0.4 is 0 Å². The second-order valence-electron chi connectivity index (χ2n) is 3.40. The number of ketones is 1. The predicted octanol–water partition coefficient (Wildman–Crippen LogP) is 4.10. The lowest BCUT2D eigenvalue weighted by Gasteiger charge is -2.09. The fourth-order valence-corrected chi connectivity index (χ4v) is 1.19. The highest BCUT2D eigenvalue weighted by Gasteiger charge is 1.95. The summed E-state index contributed by atoms with van der Waals surface area (Å²) in [7, 11) is 0. The molecule has 0 amide bonds. The summed E-state index contributed by atoms with van der Waals surface area (Å²) in [6, 6.07) is 9.23. The average Bonchev–Trinajstić information content (AvgIpc) is 2.43. The first-order valence-corrected chi connectivity index (χ1v) is 6.41. The van der Waals surface area contributed by atoms with Crippen LogP contribution in [0.15, 0.2) is 43.5 Å². The van der Waals surface area contributed by atoms with Gasteiger partial charge in [0.05, 0.1) is 0 Å². The van der Waals surface area contributed by atoms with E-state index in [1.54, 1.807) is 6.92 Å².